The SMILES string of the molecule is CCC(C)OCCN1CCOCC1. The van der Waals surface area contributed by atoms with E-state index in [0.717, 1.165) is 45.9 Å². The quantitative estimate of drug-likeness (QED) is 0.644. The van der Waals surface area contributed by atoms with Gasteiger partial charge in [-0.05, 0) is 13.3 Å². The van der Waals surface area contributed by atoms with Crippen molar-refractivity contribution in [1.82, 2.24) is 4.90 Å². The summed E-state index contributed by atoms with van der Waals surface area (Å²) < 4.78 is 10.9. The number of hydrogen-bond acceptors (Lipinski definition) is 3. The molecule has 13 heavy (non-hydrogen) atoms. The molecule has 3 nitrogen and oxygen atoms in total. The molecule has 0 N–H and O–H groups in total. The zero-order chi connectivity index (χ0) is 9.52. The van der Waals surface area contributed by atoms with Crippen molar-refractivity contribution < 1.29 is 9.47 Å². The van der Waals surface area contributed by atoms with Crippen LogP contribution in [-0.2, 0) is 9.47 Å². The summed E-state index contributed by atoms with van der Waals surface area (Å²) in [6.07, 6.45) is 1.50. The van der Waals surface area contributed by atoms with Crippen LogP contribution < -0.4 is 0 Å². The standard InChI is InChI=1S/C10H21NO2/c1-3-10(2)13-9-6-11-4-7-12-8-5-11/h10H,3-9H2,1-2H3. The van der Waals surface area contributed by atoms with Crippen LogP contribution in [-0.4, -0.2) is 50.5 Å². The third-order valence-corrected chi connectivity index (χ3v) is 2.49. The lowest BCUT2D eigenvalue weighted by Gasteiger charge is -2.26. The molecule has 0 spiro atoms. The van der Waals surface area contributed by atoms with E-state index < -0.39 is 0 Å². The van der Waals surface area contributed by atoms with Crippen LogP contribution in [0.5, 0.6) is 0 Å². The second-order valence-electron chi connectivity index (χ2n) is 3.54. The fourth-order valence-corrected chi connectivity index (χ4v) is 1.33. The van der Waals surface area contributed by atoms with Gasteiger partial charge in [-0.15, -0.1) is 0 Å². The smallest absolute Gasteiger partial charge is 0.0597 e. The predicted molar refractivity (Wildman–Crippen MR) is 53.0 cm³/mol. The van der Waals surface area contributed by atoms with Gasteiger partial charge in [-0.3, -0.25) is 4.90 Å². The average molecular weight is 187 g/mol. The van der Waals surface area contributed by atoms with Crippen molar-refractivity contribution in [2.75, 3.05) is 39.5 Å². The second-order valence-corrected chi connectivity index (χ2v) is 3.54. The Morgan fingerprint density at radius 3 is 2.69 bits per heavy atom. The Bertz CT molecular complexity index is 124. The Kier molecular flexibility index (Phi) is 5.35. The molecule has 1 heterocycles. The highest BCUT2D eigenvalue weighted by atomic mass is 16.5. The van der Waals surface area contributed by atoms with Crippen LogP contribution in [0.2, 0.25) is 0 Å². The van der Waals surface area contributed by atoms with E-state index in [9.17, 15) is 0 Å². The van der Waals surface area contributed by atoms with Gasteiger partial charge in [0.15, 0.2) is 0 Å². The van der Waals surface area contributed by atoms with Crippen LogP contribution in [0, 0.1) is 0 Å². The lowest BCUT2D eigenvalue weighted by atomic mass is 10.3. The van der Waals surface area contributed by atoms with Gasteiger partial charge in [0.25, 0.3) is 0 Å². The molecule has 0 amide bonds. The van der Waals surface area contributed by atoms with E-state index in [1.54, 1.807) is 0 Å². The number of hydrogen-bond donors (Lipinski definition) is 0. The van der Waals surface area contributed by atoms with Crippen molar-refractivity contribution in [3.8, 4) is 0 Å². The Balaban J connectivity index is 1.98. The molecular weight excluding hydrogens is 166 g/mol. The Morgan fingerprint density at radius 2 is 2.08 bits per heavy atom. The fourth-order valence-electron chi connectivity index (χ4n) is 1.33. The molecule has 0 bridgehead atoms. The molecule has 0 aromatic heterocycles. The van der Waals surface area contributed by atoms with Crippen molar-refractivity contribution in [3.63, 3.8) is 0 Å². The Morgan fingerprint density at radius 1 is 1.38 bits per heavy atom. The molecule has 0 saturated carbocycles. The van der Waals surface area contributed by atoms with Gasteiger partial charge in [0.2, 0.25) is 0 Å². The lowest BCUT2D eigenvalue weighted by Crippen LogP contribution is -2.38. The molecule has 0 aromatic carbocycles. The third kappa shape index (κ3) is 4.60. The van der Waals surface area contributed by atoms with Crippen LogP contribution in [0.4, 0.5) is 0 Å². The number of rotatable bonds is 5. The van der Waals surface area contributed by atoms with Crippen molar-refractivity contribution in [1.29, 1.82) is 0 Å². The molecule has 1 rings (SSSR count). The van der Waals surface area contributed by atoms with E-state index in [2.05, 4.69) is 18.7 Å². The van der Waals surface area contributed by atoms with Gasteiger partial charge < -0.3 is 9.47 Å². The van der Waals surface area contributed by atoms with Crippen LogP contribution in [0.15, 0.2) is 0 Å². The molecule has 1 fully saturated rings. The number of ether oxygens (including phenoxy) is 2. The maximum absolute atomic E-state index is 5.61. The molecule has 0 aromatic rings. The van der Waals surface area contributed by atoms with Crippen LogP contribution in [0.3, 0.4) is 0 Å². The van der Waals surface area contributed by atoms with E-state index in [1.807, 2.05) is 0 Å². The first-order valence-electron chi connectivity index (χ1n) is 5.24. The highest BCUT2D eigenvalue weighted by Crippen LogP contribution is 1.99. The van der Waals surface area contributed by atoms with E-state index in [0.29, 0.717) is 6.10 Å². The van der Waals surface area contributed by atoms with Gasteiger partial charge in [0.1, 0.15) is 0 Å². The molecule has 1 atom stereocenters. The largest absolute Gasteiger partial charge is 0.379 e. The molecular formula is C10H21NO2. The average Bonchev–Trinajstić information content (AvgIpc) is 2.19. The van der Waals surface area contributed by atoms with Crippen molar-refractivity contribution in [2.45, 2.75) is 26.4 Å². The number of morpholine rings is 1. The van der Waals surface area contributed by atoms with Crippen LogP contribution in [0.1, 0.15) is 20.3 Å². The number of nitrogens with zero attached hydrogens (tertiary/aromatic N) is 1. The Hall–Kier alpha value is -0.120. The molecule has 3 heteroatoms. The maximum Gasteiger partial charge on any atom is 0.0597 e. The summed E-state index contributed by atoms with van der Waals surface area (Å²) in [6.45, 7) is 10.1. The van der Waals surface area contributed by atoms with E-state index in [4.69, 9.17) is 9.47 Å². The fraction of sp³-hybridized carbons (Fsp3) is 1.00. The topological polar surface area (TPSA) is 21.7 Å². The summed E-state index contributed by atoms with van der Waals surface area (Å²) in [6, 6.07) is 0. The minimum Gasteiger partial charge on any atom is -0.379 e. The molecule has 1 unspecified atom stereocenters. The van der Waals surface area contributed by atoms with E-state index in [1.165, 1.54) is 0 Å². The van der Waals surface area contributed by atoms with Crippen LogP contribution in [0.25, 0.3) is 0 Å². The second kappa shape index (κ2) is 6.35. The molecule has 78 valence electrons. The first-order valence-corrected chi connectivity index (χ1v) is 5.24. The highest BCUT2D eigenvalue weighted by Gasteiger charge is 2.09. The van der Waals surface area contributed by atoms with Gasteiger partial charge >= 0.3 is 0 Å². The van der Waals surface area contributed by atoms with Crippen molar-refractivity contribution >= 4 is 0 Å². The third-order valence-electron chi connectivity index (χ3n) is 2.49. The first kappa shape index (κ1) is 11.0. The summed E-state index contributed by atoms with van der Waals surface area (Å²) in [5.74, 6) is 0. The van der Waals surface area contributed by atoms with Gasteiger partial charge in [0, 0.05) is 19.6 Å². The first-order chi connectivity index (χ1) is 6.33. The molecule has 0 radical (unpaired) electrons. The summed E-state index contributed by atoms with van der Waals surface area (Å²) in [4.78, 5) is 2.39. The molecule has 1 saturated heterocycles. The Labute approximate surface area is 81.0 Å². The van der Waals surface area contributed by atoms with Crippen LogP contribution >= 0.6 is 0 Å². The van der Waals surface area contributed by atoms with Crippen molar-refractivity contribution in [2.24, 2.45) is 0 Å². The normalized spacial score (nSPS) is 21.7. The zero-order valence-electron chi connectivity index (χ0n) is 8.79. The summed E-state index contributed by atoms with van der Waals surface area (Å²) in [5, 5.41) is 0. The summed E-state index contributed by atoms with van der Waals surface area (Å²) in [5.41, 5.74) is 0. The van der Waals surface area contributed by atoms with Gasteiger partial charge in [0.05, 0.1) is 25.9 Å². The molecule has 1 aliphatic rings. The molecule has 1 aliphatic heterocycles. The predicted octanol–water partition coefficient (Wildman–Crippen LogP) is 1.13. The van der Waals surface area contributed by atoms with Crippen molar-refractivity contribution in [3.05, 3.63) is 0 Å². The van der Waals surface area contributed by atoms with E-state index >= 15 is 0 Å². The lowest BCUT2D eigenvalue weighted by molar-refractivity contribution is 0.00532. The monoisotopic (exact) mass is 187 g/mol. The molecule has 0 aliphatic carbocycles. The summed E-state index contributed by atoms with van der Waals surface area (Å²) in [7, 11) is 0. The van der Waals surface area contributed by atoms with Gasteiger partial charge in [-0.1, -0.05) is 6.92 Å². The minimum absolute atomic E-state index is 0.404. The van der Waals surface area contributed by atoms with Gasteiger partial charge in [-0.2, -0.15) is 0 Å². The van der Waals surface area contributed by atoms with E-state index in [-0.39, 0.29) is 0 Å². The minimum atomic E-state index is 0.404. The zero-order valence-corrected chi connectivity index (χ0v) is 8.79. The maximum atomic E-state index is 5.61. The summed E-state index contributed by atoms with van der Waals surface area (Å²) >= 11 is 0. The van der Waals surface area contributed by atoms with Gasteiger partial charge in [-0.25, -0.2) is 0 Å². The highest BCUT2D eigenvalue weighted by molar-refractivity contribution is 4.61.